The number of nitrogens with one attached hydrogen (secondary N) is 1. The van der Waals surface area contributed by atoms with Crippen LogP contribution < -0.4 is 15.7 Å². The van der Waals surface area contributed by atoms with E-state index in [1.165, 1.54) is 10.8 Å². The molecule has 120 valence electrons. The first kappa shape index (κ1) is 15.3. The molecule has 3 rings (SSSR count). The van der Waals surface area contributed by atoms with Gasteiger partial charge in [-0.3, -0.25) is 9.36 Å². The Morgan fingerprint density at radius 3 is 2.74 bits per heavy atom. The van der Waals surface area contributed by atoms with Gasteiger partial charge in [-0.1, -0.05) is 12.1 Å². The first-order chi connectivity index (χ1) is 11.2. The van der Waals surface area contributed by atoms with Crippen LogP contribution in [0.1, 0.15) is 24.4 Å². The number of hydrogen-bond acceptors (Lipinski definition) is 4. The molecule has 0 radical (unpaired) electrons. The van der Waals surface area contributed by atoms with E-state index in [1.807, 2.05) is 24.3 Å². The average molecular weight is 313 g/mol. The Hall–Kier alpha value is -2.63. The van der Waals surface area contributed by atoms with Crippen LogP contribution in [0.3, 0.4) is 0 Å². The number of benzene rings is 1. The first-order valence-corrected chi connectivity index (χ1v) is 7.62. The second kappa shape index (κ2) is 6.64. The molecule has 1 heterocycles. The lowest BCUT2D eigenvalue weighted by Crippen LogP contribution is -2.35. The highest BCUT2D eigenvalue weighted by Gasteiger charge is 2.33. The Morgan fingerprint density at radius 1 is 1.39 bits per heavy atom. The minimum atomic E-state index is -0.421. The smallest absolute Gasteiger partial charge is 0.347 e. The average Bonchev–Trinajstić information content (AvgIpc) is 3.40. The molecular formula is C17H19N3O3. The molecule has 0 unspecified atom stereocenters. The number of nitrogens with zero attached hydrogens (tertiary/aromatic N) is 2. The van der Waals surface area contributed by atoms with Gasteiger partial charge < -0.3 is 10.1 Å². The van der Waals surface area contributed by atoms with Gasteiger partial charge in [-0.05, 0) is 42.5 Å². The van der Waals surface area contributed by atoms with Gasteiger partial charge in [0.25, 0.3) is 0 Å². The molecule has 0 aliphatic heterocycles. The summed E-state index contributed by atoms with van der Waals surface area (Å²) < 4.78 is 6.46. The summed E-state index contributed by atoms with van der Waals surface area (Å²) in [6.45, 7) is -0.0218. The summed E-state index contributed by atoms with van der Waals surface area (Å²) in [6, 6.07) is 9.33. The van der Waals surface area contributed by atoms with Crippen LogP contribution in [-0.2, 0) is 11.3 Å². The van der Waals surface area contributed by atoms with Crippen molar-refractivity contribution in [1.29, 1.82) is 0 Å². The van der Waals surface area contributed by atoms with E-state index in [4.69, 9.17) is 4.74 Å². The van der Waals surface area contributed by atoms with Crippen LogP contribution >= 0.6 is 0 Å². The molecule has 23 heavy (non-hydrogen) atoms. The number of carbonyl (C=O) groups is 1. The van der Waals surface area contributed by atoms with E-state index in [1.54, 1.807) is 19.4 Å². The highest BCUT2D eigenvalue weighted by atomic mass is 16.5. The molecule has 6 heteroatoms. The molecule has 1 N–H and O–H groups in total. The maximum atomic E-state index is 12.3. The highest BCUT2D eigenvalue weighted by molar-refractivity contribution is 5.76. The SMILES string of the molecule is COc1ccc([C@@H](NC(=O)Cn2cccnc2=O)C2CC2)cc1. The van der Waals surface area contributed by atoms with Crippen LogP contribution in [0.15, 0.2) is 47.5 Å². The molecule has 0 bridgehead atoms. The predicted octanol–water partition coefficient (Wildman–Crippen LogP) is 1.52. The van der Waals surface area contributed by atoms with Gasteiger partial charge in [0.1, 0.15) is 12.3 Å². The minimum absolute atomic E-state index is 0.0218. The molecule has 1 amide bonds. The second-order valence-corrected chi connectivity index (χ2v) is 5.69. The van der Waals surface area contributed by atoms with E-state index >= 15 is 0 Å². The molecular weight excluding hydrogens is 294 g/mol. The summed E-state index contributed by atoms with van der Waals surface area (Å²) in [7, 11) is 1.63. The van der Waals surface area contributed by atoms with Crippen molar-refractivity contribution in [3.8, 4) is 5.75 Å². The van der Waals surface area contributed by atoms with Crippen LogP contribution in [0.4, 0.5) is 0 Å². The standard InChI is InChI=1S/C17H19N3O3/c1-23-14-7-5-13(6-8-14)16(12-3-4-12)19-15(21)11-20-10-2-9-18-17(20)22/h2,5-10,12,16H,3-4,11H2,1H3,(H,19,21)/t16-/m0/s1. The van der Waals surface area contributed by atoms with Crippen LogP contribution in [0.25, 0.3) is 0 Å². The van der Waals surface area contributed by atoms with Crippen LogP contribution in [0.5, 0.6) is 5.75 Å². The molecule has 1 aromatic heterocycles. The molecule has 0 spiro atoms. The second-order valence-electron chi connectivity index (χ2n) is 5.69. The molecule has 1 aromatic carbocycles. The maximum absolute atomic E-state index is 12.3. The minimum Gasteiger partial charge on any atom is -0.497 e. The lowest BCUT2D eigenvalue weighted by atomic mass is 10.0. The van der Waals surface area contributed by atoms with Crippen molar-refractivity contribution in [1.82, 2.24) is 14.9 Å². The fourth-order valence-corrected chi connectivity index (χ4v) is 2.60. The zero-order chi connectivity index (χ0) is 16.2. The van der Waals surface area contributed by atoms with Crippen molar-refractivity contribution in [2.24, 2.45) is 5.92 Å². The number of ether oxygens (including phenoxy) is 1. The van der Waals surface area contributed by atoms with Gasteiger partial charge >= 0.3 is 5.69 Å². The van der Waals surface area contributed by atoms with E-state index in [2.05, 4.69) is 10.3 Å². The Morgan fingerprint density at radius 2 is 2.13 bits per heavy atom. The van der Waals surface area contributed by atoms with Crippen LogP contribution in [-0.4, -0.2) is 22.6 Å². The van der Waals surface area contributed by atoms with E-state index in [0.29, 0.717) is 5.92 Å². The zero-order valence-corrected chi connectivity index (χ0v) is 12.9. The first-order valence-electron chi connectivity index (χ1n) is 7.62. The van der Waals surface area contributed by atoms with Crippen molar-refractivity contribution >= 4 is 5.91 Å². The van der Waals surface area contributed by atoms with E-state index in [0.717, 1.165) is 24.2 Å². The Bertz CT molecular complexity index is 735. The van der Waals surface area contributed by atoms with Gasteiger partial charge in [-0.15, -0.1) is 0 Å². The molecule has 0 saturated heterocycles. The number of hydrogen-bond donors (Lipinski definition) is 1. The van der Waals surface area contributed by atoms with Gasteiger partial charge in [-0.25, -0.2) is 9.78 Å². The molecule has 6 nitrogen and oxygen atoms in total. The molecule has 1 fully saturated rings. The molecule has 1 atom stereocenters. The van der Waals surface area contributed by atoms with Crippen molar-refractivity contribution in [3.63, 3.8) is 0 Å². The number of amides is 1. The van der Waals surface area contributed by atoms with Gasteiger partial charge in [-0.2, -0.15) is 0 Å². The van der Waals surface area contributed by atoms with Crippen LogP contribution in [0, 0.1) is 5.92 Å². The topological polar surface area (TPSA) is 73.2 Å². The third kappa shape index (κ3) is 3.77. The van der Waals surface area contributed by atoms with Gasteiger partial charge in [0.05, 0.1) is 13.2 Å². The lowest BCUT2D eigenvalue weighted by molar-refractivity contribution is -0.122. The highest BCUT2D eigenvalue weighted by Crippen LogP contribution is 2.41. The molecule has 1 aliphatic rings. The van der Waals surface area contributed by atoms with Gasteiger partial charge in [0, 0.05) is 12.4 Å². The van der Waals surface area contributed by atoms with E-state index in [-0.39, 0.29) is 18.5 Å². The molecule has 1 aliphatic carbocycles. The lowest BCUT2D eigenvalue weighted by Gasteiger charge is -2.19. The largest absolute Gasteiger partial charge is 0.497 e. The Balaban J connectivity index is 1.71. The van der Waals surface area contributed by atoms with Crippen molar-refractivity contribution in [2.45, 2.75) is 25.4 Å². The molecule has 2 aromatic rings. The number of carbonyl (C=O) groups excluding carboxylic acids is 1. The van der Waals surface area contributed by atoms with Crippen molar-refractivity contribution < 1.29 is 9.53 Å². The van der Waals surface area contributed by atoms with Crippen LogP contribution in [0.2, 0.25) is 0 Å². The summed E-state index contributed by atoms with van der Waals surface area (Å²) in [5, 5.41) is 3.04. The predicted molar refractivity (Wildman–Crippen MR) is 85.1 cm³/mol. The molecule has 1 saturated carbocycles. The normalized spacial score (nSPS) is 15.0. The summed E-state index contributed by atoms with van der Waals surface area (Å²) in [6.07, 6.45) is 5.18. The third-order valence-corrected chi connectivity index (χ3v) is 3.98. The van der Waals surface area contributed by atoms with Crippen molar-refractivity contribution in [2.75, 3.05) is 7.11 Å². The summed E-state index contributed by atoms with van der Waals surface area (Å²) in [5.74, 6) is 1.06. The summed E-state index contributed by atoms with van der Waals surface area (Å²) >= 11 is 0. The third-order valence-electron chi connectivity index (χ3n) is 3.98. The maximum Gasteiger partial charge on any atom is 0.347 e. The zero-order valence-electron chi connectivity index (χ0n) is 12.9. The Labute approximate surface area is 134 Å². The number of aromatic nitrogens is 2. The monoisotopic (exact) mass is 313 g/mol. The fourth-order valence-electron chi connectivity index (χ4n) is 2.60. The Kier molecular flexibility index (Phi) is 4.41. The van der Waals surface area contributed by atoms with Crippen molar-refractivity contribution in [3.05, 3.63) is 58.8 Å². The van der Waals surface area contributed by atoms with E-state index in [9.17, 15) is 9.59 Å². The quantitative estimate of drug-likeness (QED) is 0.877. The van der Waals surface area contributed by atoms with Gasteiger partial charge in [0.2, 0.25) is 5.91 Å². The summed E-state index contributed by atoms with van der Waals surface area (Å²) in [4.78, 5) is 27.5. The number of rotatable bonds is 6. The number of methoxy groups -OCH3 is 1. The van der Waals surface area contributed by atoms with E-state index < -0.39 is 5.69 Å². The van der Waals surface area contributed by atoms with Gasteiger partial charge in [0.15, 0.2) is 0 Å². The fraction of sp³-hybridized carbons (Fsp3) is 0.353. The summed E-state index contributed by atoms with van der Waals surface area (Å²) in [5.41, 5.74) is 0.634.